The summed E-state index contributed by atoms with van der Waals surface area (Å²) in [5.41, 5.74) is 2.59. The van der Waals surface area contributed by atoms with Gasteiger partial charge in [0.2, 0.25) is 5.89 Å². The Labute approximate surface area is 263 Å². The number of para-hydroxylation sites is 1. The van der Waals surface area contributed by atoms with Gasteiger partial charge >= 0.3 is 5.97 Å². The van der Waals surface area contributed by atoms with E-state index >= 15 is 0 Å². The number of hydrogen-bond donors (Lipinski definition) is 1. The third kappa shape index (κ3) is 6.84. The predicted molar refractivity (Wildman–Crippen MR) is 169 cm³/mol. The molecule has 6 bridgehead atoms. The molecule has 240 valence electrons. The van der Waals surface area contributed by atoms with E-state index in [1.54, 1.807) is 0 Å². The van der Waals surface area contributed by atoms with Gasteiger partial charge in [-0.1, -0.05) is 18.2 Å². The smallest absolute Gasteiger partial charge is 0.337 e. The number of anilines is 1. The summed E-state index contributed by atoms with van der Waals surface area (Å²) in [4.78, 5) is 19.9. The summed E-state index contributed by atoms with van der Waals surface area (Å²) in [6.45, 7) is 12.4. The fraction of sp³-hybridized carbons (Fsp3) is 0.529. The number of carbonyl (C=O) groups is 1. The monoisotopic (exact) mass is 617 g/mol. The van der Waals surface area contributed by atoms with E-state index < -0.39 is 17.7 Å². The second kappa shape index (κ2) is 12.4. The quantitative estimate of drug-likeness (QED) is 0.286. The molecule has 3 aliphatic heterocycles. The Kier molecular flexibility index (Phi) is 8.58. The number of nitrogens with zero attached hydrogens (tertiary/aromatic N) is 5. The van der Waals surface area contributed by atoms with Crippen LogP contribution in [0.5, 0.6) is 5.75 Å². The zero-order valence-electron chi connectivity index (χ0n) is 26.8. The van der Waals surface area contributed by atoms with Gasteiger partial charge in [0, 0.05) is 37.0 Å². The van der Waals surface area contributed by atoms with Crippen LogP contribution in [0.3, 0.4) is 0 Å². The lowest BCUT2D eigenvalue weighted by Gasteiger charge is -2.41. The summed E-state index contributed by atoms with van der Waals surface area (Å²) < 4.78 is 26.9. The average Bonchev–Trinajstić information content (AvgIpc) is 3.62. The highest BCUT2D eigenvalue weighted by Crippen LogP contribution is 2.39. The van der Waals surface area contributed by atoms with Crippen LogP contribution in [0.4, 0.5) is 5.82 Å². The Hall–Kier alpha value is -3.96. The van der Waals surface area contributed by atoms with Gasteiger partial charge in [0.25, 0.3) is 5.89 Å². The molecule has 45 heavy (non-hydrogen) atoms. The van der Waals surface area contributed by atoms with E-state index in [1.165, 1.54) is 0 Å². The molecule has 0 spiro atoms. The van der Waals surface area contributed by atoms with Crippen LogP contribution in [0.15, 0.2) is 40.9 Å². The highest BCUT2D eigenvalue weighted by Gasteiger charge is 2.37. The number of carboxylic acid groups (broad SMARTS) is 1. The lowest BCUT2D eigenvalue weighted by molar-refractivity contribution is -0.160. The Morgan fingerprint density at radius 2 is 1.84 bits per heavy atom. The number of hydrogen-bond acceptors (Lipinski definition) is 9. The zero-order chi connectivity index (χ0) is 31.8. The largest absolute Gasteiger partial charge is 0.493 e. The number of aromatic nitrogens is 4. The van der Waals surface area contributed by atoms with Crippen molar-refractivity contribution in [2.24, 2.45) is 0 Å². The maximum absolute atomic E-state index is 12.8. The van der Waals surface area contributed by atoms with Gasteiger partial charge in [-0.3, -0.25) is 4.40 Å². The van der Waals surface area contributed by atoms with Crippen LogP contribution in [-0.4, -0.2) is 68.2 Å². The highest BCUT2D eigenvalue weighted by atomic mass is 16.5. The topological polar surface area (TPSA) is 124 Å². The minimum absolute atomic E-state index is 0.262. The SMILES string of the molecule is Cc1cc2nc3cn2c(c1[C@H](OC(C)(C)C)C(=O)O)N1CCC(C)(CC1)OCCCCCOc1ccccc1Cc1nnc-3o1. The van der Waals surface area contributed by atoms with Crippen molar-refractivity contribution in [3.05, 3.63) is 59.1 Å². The van der Waals surface area contributed by atoms with Crippen molar-refractivity contribution in [3.63, 3.8) is 0 Å². The molecule has 3 aliphatic rings. The molecule has 1 atom stereocenters. The standard InChI is InChI=1S/C34H43N5O6/c1-22-19-26-35-24-21-39(26)31(28(22)29(32(40)41)45-33(2,3)4)38-15-13-34(5,14-16-38)43-18-10-6-9-17-42-25-12-8-7-11-23(25)20-27-36-37-30(24)44-27/h7-8,11-12,19,21,29H,6,9-10,13-18,20H2,1-5H3,(H,40,41)/t29-/m0/s1. The van der Waals surface area contributed by atoms with E-state index in [2.05, 4.69) is 22.0 Å². The van der Waals surface area contributed by atoms with Crippen LogP contribution in [0.2, 0.25) is 0 Å². The maximum atomic E-state index is 12.8. The highest BCUT2D eigenvalue weighted by molar-refractivity contribution is 5.79. The minimum atomic E-state index is -1.17. The van der Waals surface area contributed by atoms with Crippen LogP contribution >= 0.6 is 0 Å². The van der Waals surface area contributed by atoms with Crippen molar-refractivity contribution < 1.29 is 28.5 Å². The molecular weight excluding hydrogens is 574 g/mol. The molecule has 11 nitrogen and oxygen atoms in total. The fourth-order valence-corrected chi connectivity index (χ4v) is 6.18. The van der Waals surface area contributed by atoms with Crippen molar-refractivity contribution in [2.45, 2.75) is 90.4 Å². The summed E-state index contributed by atoms with van der Waals surface area (Å²) in [5.74, 6) is 1.27. The van der Waals surface area contributed by atoms with Gasteiger partial charge in [-0.05, 0) is 84.4 Å². The Bertz CT molecular complexity index is 1660. The molecule has 1 N–H and O–H groups in total. The van der Waals surface area contributed by atoms with Crippen molar-refractivity contribution in [3.8, 4) is 17.3 Å². The second-order valence-electron chi connectivity index (χ2n) is 13.3. The first kappa shape index (κ1) is 31.0. The zero-order valence-corrected chi connectivity index (χ0v) is 26.8. The lowest BCUT2D eigenvalue weighted by Crippen LogP contribution is -2.45. The average molecular weight is 618 g/mol. The number of aliphatic carboxylic acids is 1. The van der Waals surface area contributed by atoms with Crippen molar-refractivity contribution in [1.29, 1.82) is 0 Å². The number of imidazole rings is 1. The number of rotatable bonds is 3. The number of benzene rings is 1. The molecule has 1 aromatic carbocycles. The third-order valence-corrected chi connectivity index (χ3v) is 8.55. The molecule has 11 heteroatoms. The van der Waals surface area contributed by atoms with Crippen LogP contribution in [0, 0.1) is 6.92 Å². The maximum Gasteiger partial charge on any atom is 0.337 e. The van der Waals surface area contributed by atoms with Crippen molar-refractivity contribution in [2.75, 3.05) is 31.2 Å². The Morgan fingerprint density at radius 1 is 1.09 bits per heavy atom. The van der Waals surface area contributed by atoms with Gasteiger partial charge in [0.1, 0.15) is 22.9 Å². The van der Waals surface area contributed by atoms with E-state index in [9.17, 15) is 9.90 Å². The number of ether oxygens (including phenoxy) is 3. The number of fused-ring (bicyclic) bond motifs is 8. The number of carboxylic acids is 1. The molecule has 6 heterocycles. The molecule has 3 aromatic heterocycles. The normalized spacial score (nSPS) is 18.3. The lowest BCUT2D eigenvalue weighted by atomic mass is 9.92. The van der Waals surface area contributed by atoms with E-state index in [-0.39, 0.29) is 5.60 Å². The summed E-state index contributed by atoms with van der Waals surface area (Å²) in [6, 6.07) is 9.80. The Morgan fingerprint density at radius 3 is 2.60 bits per heavy atom. The second-order valence-corrected chi connectivity index (χ2v) is 13.3. The van der Waals surface area contributed by atoms with E-state index in [0.29, 0.717) is 61.4 Å². The molecule has 7 rings (SSSR count). The summed E-state index contributed by atoms with van der Waals surface area (Å²) in [7, 11) is 0. The van der Waals surface area contributed by atoms with Gasteiger partial charge in [0.05, 0.1) is 24.2 Å². The molecule has 4 aromatic rings. The van der Waals surface area contributed by atoms with Crippen LogP contribution in [0.25, 0.3) is 17.2 Å². The van der Waals surface area contributed by atoms with Crippen molar-refractivity contribution >= 4 is 17.4 Å². The number of pyridine rings is 1. The van der Waals surface area contributed by atoms with Crippen LogP contribution < -0.4 is 9.64 Å². The molecule has 0 unspecified atom stereocenters. The molecule has 0 saturated carbocycles. The van der Waals surface area contributed by atoms with Crippen LogP contribution in [-0.2, 0) is 20.7 Å². The predicted octanol–water partition coefficient (Wildman–Crippen LogP) is 6.16. The van der Waals surface area contributed by atoms with Gasteiger partial charge in [-0.15, -0.1) is 10.2 Å². The first-order valence-electron chi connectivity index (χ1n) is 15.9. The molecule has 0 aliphatic carbocycles. The Balaban J connectivity index is 1.46. The van der Waals surface area contributed by atoms with Gasteiger partial charge in [-0.25, -0.2) is 9.78 Å². The molecule has 0 radical (unpaired) electrons. The molecule has 1 saturated heterocycles. The number of aryl methyl sites for hydroxylation is 1. The third-order valence-electron chi connectivity index (χ3n) is 8.55. The first-order chi connectivity index (χ1) is 21.5. The minimum Gasteiger partial charge on any atom is -0.493 e. The summed E-state index contributed by atoms with van der Waals surface area (Å²) in [5, 5.41) is 19.1. The van der Waals surface area contributed by atoms with Gasteiger partial charge in [-0.2, -0.15) is 0 Å². The molecular formula is C34H43N5O6. The van der Waals surface area contributed by atoms with Crippen molar-refractivity contribution in [1.82, 2.24) is 19.6 Å². The van der Waals surface area contributed by atoms with Gasteiger partial charge in [0.15, 0.2) is 6.10 Å². The van der Waals surface area contributed by atoms with E-state index in [0.717, 1.165) is 54.8 Å². The fourth-order valence-electron chi connectivity index (χ4n) is 6.18. The van der Waals surface area contributed by atoms with E-state index in [1.807, 2.05) is 68.6 Å². The molecule has 1 fully saturated rings. The first-order valence-corrected chi connectivity index (χ1v) is 15.9. The van der Waals surface area contributed by atoms with Crippen LogP contribution in [0.1, 0.15) is 88.5 Å². The van der Waals surface area contributed by atoms with Gasteiger partial charge < -0.3 is 28.6 Å². The number of piperidine rings is 1. The summed E-state index contributed by atoms with van der Waals surface area (Å²) in [6.07, 6.45) is 5.60. The molecule has 0 amide bonds. The summed E-state index contributed by atoms with van der Waals surface area (Å²) >= 11 is 0. The van der Waals surface area contributed by atoms with E-state index in [4.69, 9.17) is 23.6 Å².